The highest BCUT2D eigenvalue weighted by Crippen LogP contribution is 2.48. The van der Waals surface area contributed by atoms with Gasteiger partial charge in [-0.1, -0.05) is 48.5 Å². The summed E-state index contributed by atoms with van der Waals surface area (Å²) in [7, 11) is 0. The second-order valence-electron chi connectivity index (χ2n) is 6.59. The Morgan fingerprint density at radius 1 is 0.909 bits per heavy atom. The van der Waals surface area contributed by atoms with Crippen molar-refractivity contribution in [2.24, 2.45) is 0 Å². The van der Waals surface area contributed by atoms with Crippen LogP contribution in [-0.2, 0) is 4.79 Å². The molecule has 2 aromatic rings. The van der Waals surface area contributed by atoms with Crippen LogP contribution in [0.2, 0.25) is 0 Å². The number of benzene rings is 2. The second-order valence-corrected chi connectivity index (χ2v) is 7.80. The lowest BCUT2D eigenvalue weighted by Gasteiger charge is -2.53. The number of β-lactam (4-membered cyclic amide) rings is 1. The number of hydrogen-bond donors (Lipinski definition) is 0. The summed E-state index contributed by atoms with van der Waals surface area (Å²) in [4.78, 5) is 15.9. The number of amides is 1. The van der Waals surface area contributed by atoms with Gasteiger partial charge in [-0.2, -0.15) is 0 Å². The van der Waals surface area contributed by atoms with Crippen molar-refractivity contribution in [3.63, 3.8) is 0 Å². The number of thioether (sulfide) groups is 1. The minimum atomic E-state index is -0.161. The molecular formula is C19H21NOS. The van der Waals surface area contributed by atoms with Gasteiger partial charge in [0.25, 0.3) is 0 Å². The summed E-state index contributed by atoms with van der Waals surface area (Å²) in [6.07, 6.45) is 0. The van der Waals surface area contributed by atoms with Gasteiger partial charge in [-0.15, -0.1) is 11.8 Å². The average Bonchev–Trinajstić information content (AvgIpc) is 2.50. The predicted molar refractivity (Wildman–Crippen MR) is 91.9 cm³/mol. The van der Waals surface area contributed by atoms with Crippen LogP contribution < -0.4 is 0 Å². The Kier molecular flexibility index (Phi) is 4.00. The molecule has 2 nitrogen and oxygen atoms in total. The van der Waals surface area contributed by atoms with Crippen LogP contribution in [0.15, 0.2) is 65.6 Å². The van der Waals surface area contributed by atoms with Gasteiger partial charge >= 0.3 is 0 Å². The number of nitrogens with zero attached hydrogens (tertiary/aromatic N) is 1. The summed E-state index contributed by atoms with van der Waals surface area (Å²) in [6.45, 7) is 6.30. The predicted octanol–water partition coefficient (Wildman–Crippen LogP) is 4.53. The maximum atomic E-state index is 12.7. The van der Waals surface area contributed by atoms with Gasteiger partial charge < -0.3 is 4.90 Å². The van der Waals surface area contributed by atoms with E-state index in [-0.39, 0.29) is 22.7 Å². The first-order chi connectivity index (χ1) is 10.5. The summed E-state index contributed by atoms with van der Waals surface area (Å²) in [6, 6.07) is 20.7. The lowest BCUT2D eigenvalue weighted by molar-refractivity contribution is -0.153. The van der Waals surface area contributed by atoms with Crippen molar-refractivity contribution in [3.05, 3.63) is 66.2 Å². The first-order valence-electron chi connectivity index (χ1n) is 7.58. The molecule has 3 heteroatoms. The molecule has 0 unspecified atom stereocenters. The smallest absolute Gasteiger partial charge is 0.239 e. The van der Waals surface area contributed by atoms with Gasteiger partial charge in [0.05, 0.1) is 6.04 Å². The van der Waals surface area contributed by atoms with E-state index in [4.69, 9.17) is 0 Å². The molecule has 22 heavy (non-hydrogen) atoms. The standard InChI is InChI=1S/C19H21NOS/c1-19(2,3)20-16(14-10-6-4-7-11-14)17(18(20)21)22-15-12-8-5-9-13-15/h4-13,16-17H,1-3H3/t16-,17+/m0/s1. The average molecular weight is 311 g/mol. The number of carbonyl (C=O) groups is 1. The van der Waals surface area contributed by atoms with Crippen LogP contribution in [-0.4, -0.2) is 21.6 Å². The first kappa shape index (κ1) is 15.2. The van der Waals surface area contributed by atoms with Crippen LogP contribution in [0.1, 0.15) is 32.4 Å². The van der Waals surface area contributed by atoms with Crippen molar-refractivity contribution in [1.29, 1.82) is 0 Å². The van der Waals surface area contributed by atoms with Crippen molar-refractivity contribution >= 4 is 17.7 Å². The molecule has 3 rings (SSSR count). The fraction of sp³-hybridized carbons (Fsp3) is 0.316. The molecule has 1 aliphatic heterocycles. The van der Waals surface area contributed by atoms with E-state index in [1.54, 1.807) is 11.8 Å². The molecular weight excluding hydrogens is 290 g/mol. The SMILES string of the molecule is CC(C)(C)N1C(=O)[C@H](Sc2ccccc2)[C@@H]1c1ccccc1. The third kappa shape index (κ3) is 2.78. The number of rotatable bonds is 3. The van der Waals surface area contributed by atoms with Gasteiger partial charge in [-0.25, -0.2) is 0 Å². The fourth-order valence-corrected chi connectivity index (χ4v) is 4.17. The second kappa shape index (κ2) is 5.81. The number of hydrogen-bond acceptors (Lipinski definition) is 2. The molecule has 0 aromatic heterocycles. The summed E-state index contributed by atoms with van der Waals surface area (Å²) >= 11 is 1.67. The zero-order chi connectivity index (χ0) is 15.7. The topological polar surface area (TPSA) is 20.3 Å². The quantitative estimate of drug-likeness (QED) is 0.776. The normalized spacial score (nSPS) is 21.6. The Morgan fingerprint density at radius 3 is 2.00 bits per heavy atom. The summed E-state index contributed by atoms with van der Waals surface area (Å²) in [5.74, 6) is 0.232. The number of likely N-dealkylation sites (tertiary alicyclic amines) is 1. The molecule has 0 aliphatic carbocycles. The minimum absolute atomic E-state index is 0.0379. The Labute approximate surface area is 136 Å². The molecule has 0 bridgehead atoms. The summed E-state index contributed by atoms with van der Waals surface area (Å²) < 4.78 is 0. The van der Waals surface area contributed by atoms with Crippen LogP contribution in [0.5, 0.6) is 0 Å². The van der Waals surface area contributed by atoms with Crippen molar-refractivity contribution in [2.45, 2.75) is 42.5 Å². The van der Waals surface area contributed by atoms with E-state index in [1.807, 2.05) is 41.3 Å². The molecule has 0 radical (unpaired) electrons. The molecule has 2 aromatic carbocycles. The number of carbonyl (C=O) groups excluding carboxylic acids is 1. The molecule has 2 atom stereocenters. The molecule has 1 saturated heterocycles. The Balaban J connectivity index is 1.90. The van der Waals surface area contributed by atoms with Gasteiger partial charge in [0.2, 0.25) is 5.91 Å². The molecule has 0 N–H and O–H groups in total. The van der Waals surface area contributed by atoms with Gasteiger partial charge in [-0.05, 0) is 38.5 Å². The zero-order valence-corrected chi connectivity index (χ0v) is 14.0. The third-order valence-corrected chi connectivity index (χ3v) is 5.17. The Morgan fingerprint density at radius 2 is 1.45 bits per heavy atom. The van der Waals surface area contributed by atoms with Crippen LogP contribution in [0.4, 0.5) is 0 Å². The van der Waals surface area contributed by atoms with Crippen LogP contribution >= 0.6 is 11.8 Å². The van der Waals surface area contributed by atoms with E-state index in [2.05, 4.69) is 45.0 Å². The summed E-state index contributed by atoms with van der Waals surface area (Å²) in [5, 5.41) is -0.0379. The largest absolute Gasteiger partial charge is 0.328 e. The van der Waals surface area contributed by atoms with Crippen LogP contribution in [0, 0.1) is 0 Å². The van der Waals surface area contributed by atoms with Crippen molar-refractivity contribution in [3.8, 4) is 0 Å². The van der Waals surface area contributed by atoms with Crippen LogP contribution in [0.3, 0.4) is 0 Å². The van der Waals surface area contributed by atoms with E-state index >= 15 is 0 Å². The lowest BCUT2D eigenvalue weighted by Crippen LogP contribution is -2.63. The maximum absolute atomic E-state index is 12.7. The molecule has 1 amide bonds. The van der Waals surface area contributed by atoms with Crippen molar-refractivity contribution in [1.82, 2.24) is 4.90 Å². The lowest BCUT2D eigenvalue weighted by atomic mass is 9.87. The zero-order valence-electron chi connectivity index (χ0n) is 13.2. The van der Waals surface area contributed by atoms with Gasteiger partial charge in [0, 0.05) is 10.4 Å². The highest BCUT2D eigenvalue weighted by Gasteiger charge is 2.52. The molecule has 0 spiro atoms. The van der Waals surface area contributed by atoms with E-state index in [0.717, 1.165) is 4.90 Å². The van der Waals surface area contributed by atoms with Gasteiger partial charge in [-0.3, -0.25) is 4.79 Å². The minimum Gasteiger partial charge on any atom is -0.328 e. The van der Waals surface area contributed by atoms with E-state index in [9.17, 15) is 4.79 Å². The maximum Gasteiger partial charge on any atom is 0.239 e. The van der Waals surface area contributed by atoms with Crippen molar-refractivity contribution in [2.75, 3.05) is 0 Å². The van der Waals surface area contributed by atoms with E-state index < -0.39 is 0 Å². The van der Waals surface area contributed by atoms with E-state index in [0.29, 0.717) is 0 Å². The Hall–Kier alpha value is -1.74. The van der Waals surface area contributed by atoms with Gasteiger partial charge in [0.1, 0.15) is 5.25 Å². The van der Waals surface area contributed by atoms with Gasteiger partial charge in [0.15, 0.2) is 0 Å². The third-order valence-electron chi connectivity index (χ3n) is 3.92. The van der Waals surface area contributed by atoms with E-state index in [1.165, 1.54) is 5.56 Å². The molecule has 1 heterocycles. The summed E-state index contributed by atoms with van der Waals surface area (Å²) in [5.41, 5.74) is 1.05. The first-order valence-corrected chi connectivity index (χ1v) is 8.46. The monoisotopic (exact) mass is 311 g/mol. The molecule has 0 saturated carbocycles. The molecule has 1 aliphatic rings. The Bertz CT molecular complexity index is 648. The van der Waals surface area contributed by atoms with Crippen molar-refractivity contribution < 1.29 is 4.79 Å². The molecule has 1 fully saturated rings. The highest BCUT2D eigenvalue weighted by molar-refractivity contribution is 8.00. The fourth-order valence-electron chi connectivity index (χ4n) is 2.94. The highest BCUT2D eigenvalue weighted by atomic mass is 32.2. The molecule has 114 valence electrons. The van der Waals surface area contributed by atoms with Crippen LogP contribution in [0.25, 0.3) is 0 Å².